The van der Waals surface area contributed by atoms with Gasteiger partial charge in [0, 0.05) is 0 Å². The fourth-order valence-electron chi connectivity index (χ4n) is 0.876. The number of ether oxygens (including phenoxy) is 1. The van der Waals surface area contributed by atoms with Gasteiger partial charge in [-0.2, -0.15) is 13.2 Å². The van der Waals surface area contributed by atoms with E-state index in [4.69, 9.17) is 0 Å². The molecule has 0 atom stereocenters. The van der Waals surface area contributed by atoms with Crippen LogP contribution in [0, 0.1) is 6.07 Å². The molecule has 0 aliphatic carbocycles. The Bertz CT molecular complexity index is 309. The molecular formula is C8H5BrF3O. The van der Waals surface area contributed by atoms with E-state index in [0.29, 0.717) is 0 Å². The summed E-state index contributed by atoms with van der Waals surface area (Å²) >= 11 is 2.94. The Hall–Kier alpha value is -0.710. The van der Waals surface area contributed by atoms with Crippen molar-refractivity contribution < 1.29 is 17.9 Å². The minimum Gasteiger partial charge on any atom is -0.495 e. The summed E-state index contributed by atoms with van der Waals surface area (Å²) in [5, 5.41) is 0. The van der Waals surface area contributed by atoms with Crippen molar-refractivity contribution in [3.63, 3.8) is 0 Å². The molecule has 71 valence electrons. The third-order valence-electron chi connectivity index (χ3n) is 1.41. The summed E-state index contributed by atoms with van der Waals surface area (Å²) in [5.74, 6) is -0.216. The second-order valence-corrected chi connectivity index (χ2v) is 3.10. The molecule has 0 saturated carbocycles. The molecule has 0 saturated heterocycles. The highest BCUT2D eigenvalue weighted by Gasteiger charge is 2.34. The van der Waals surface area contributed by atoms with E-state index >= 15 is 0 Å². The van der Waals surface area contributed by atoms with Crippen molar-refractivity contribution in [3.05, 3.63) is 28.2 Å². The lowest BCUT2D eigenvalue weighted by atomic mass is 10.2. The molecule has 1 aromatic rings. The first kappa shape index (κ1) is 10.4. The van der Waals surface area contributed by atoms with Crippen molar-refractivity contribution >= 4 is 15.9 Å². The summed E-state index contributed by atoms with van der Waals surface area (Å²) in [7, 11) is 1.19. The van der Waals surface area contributed by atoms with Crippen LogP contribution in [0.15, 0.2) is 16.6 Å². The Labute approximate surface area is 81.6 Å². The summed E-state index contributed by atoms with van der Waals surface area (Å²) in [6.45, 7) is 0. The topological polar surface area (TPSA) is 9.23 Å². The molecule has 1 rings (SSSR count). The summed E-state index contributed by atoms with van der Waals surface area (Å²) in [6, 6.07) is 4.58. The maximum absolute atomic E-state index is 12.3. The number of methoxy groups -OCH3 is 1. The lowest BCUT2D eigenvalue weighted by Crippen LogP contribution is -2.07. The Morgan fingerprint density at radius 3 is 2.38 bits per heavy atom. The second kappa shape index (κ2) is 3.57. The minimum absolute atomic E-state index is 0.216. The molecule has 0 unspecified atom stereocenters. The van der Waals surface area contributed by atoms with Crippen LogP contribution in [0.3, 0.4) is 0 Å². The Kier molecular flexibility index (Phi) is 2.85. The molecule has 0 aliphatic rings. The Morgan fingerprint density at radius 1 is 1.38 bits per heavy atom. The molecule has 0 heterocycles. The fraction of sp³-hybridized carbons (Fsp3) is 0.250. The van der Waals surface area contributed by atoms with E-state index in [1.165, 1.54) is 13.2 Å². The molecule has 0 aromatic heterocycles. The summed E-state index contributed by atoms with van der Waals surface area (Å²) in [5.41, 5.74) is -0.829. The van der Waals surface area contributed by atoms with E-state index in [2.05, 4.69) is 26.7 Å². The molecule has 0 N–H and O–H groups in total. The second-order valence-electron chi connectivity index (χ2n) is 2.25. The van der Waals surface area contributed by atoms with Crippen LogP contribution in [-0.2, 0) is 6.18 Å². The lowest BCUT2D eigenvalue weighted by molar-refractivity contribution is -0.138. The van der Waals surface area contributed by atoms with Crippen molar-refractivity contribution in [1.82, 2.24) is 0 Å². The highest BCUT2D eigenvalue weighted by molar-refractivity contribution is 9.10. The van der Waals surface area contributed by atoms with E-state index in [0.717, 1.165) is 6.07 Å². The zero-order valence-corrected chi connectivity index (χ0v) is 8.16. The molecule has 0 aliphatic heterocycles. The van der Waals surface area contributed by atoms with Gasteiger partial charge >= 0.3 is 6.18 Å². The molecule has 0 amide bonds. The number of hydrogen-bond donors (Lipinski definition) is 0. The minimum atomic E-state index is -4.41. The van der Waals surface area contributed by atoms with Gasteiger partial charge in [0.2, 0.25) is 0 Å². The lowest BCUT2D eigenvalue weighted by Gasteiger charge is -2.12. The maximum atomic E-state index is 12.3. The number of halogens is 4. The van der Waals surface area contributed by atoms with Crippen LogP contribution in [0.2, 0.25) is 0 Å². The first-order valence-corrected chi connectivity index (χ1v) is 4.07. The summed E-state index contributed by atoms with van der Waals surface area (Å²) < 4.78 is 41.7. The molecular weight excluding hydrogens is 249 g/mol. The Balaban J connectivity index is 3.29. The van der Waals surface area contributed by atoms with Crippen LogP contribution in [0.4, 0.5) is 13.2 Å². The van der Waals surface area contributed by atoms with Gasteiger partial charge in [-0.25, -0.2) is 0 Å². The molecule has 0 fully saturated rings. The van der Waals surface area contributed by atoms with Gasteiger partial charge in [0.1, 0.15) is 5.75 Å². The van der Waals surface area contributed by atoms with Crippen molar-refractivity contribution in [2.45, 2.75) is 6.18 Å². The average Bonchev–Trinajstić information content (AvgIpc) is 2.02. The van der Waals surface area contributed by atoms with Gasteiger partial charge in [0.15, 0.2) is 0 Å². The third kappa shape index (κ3) is 2.15. The Morgan fingerprint density at radius 2 is 2.00 bits per heavy atom. The normalized spacial score (nSPS) is 11.5. The van der Waals surface area contributed by atoms with Crippen molar-refractivity contribution in [2.75, 3.05) is 7.11 Å². The largest absolute Gasteiger partial charge is 0.495 e. The van der Waals surface area contributed by atoms with Gasteiger partial charge in [-0.15, -0.1) is 0 Å². The highest BCUT2D eigenvalue weighted by Crippen LogP contribution is 2.39. The molecule has 0 spiro atoms. The van der Waals surface area contributed by atoms with E-state index < -0.39 is 11.7 Å². The van der Waals surface area contributed by atoms with Crippen LogP contribution in [0.25, 0.3) is 0 Å². The predicted molar refractivity (Wildman–Crippen MR) is 44.5 cm³/mol. The monoisotopic (exact) mass is 253 g/mol. The molecule has 5 heteroatoms. The SMILES string of the molecule is COc1c(Br)c[c]cc1C(F)(F)F. The van der Waals surface area contributed by atoms with Crippen LogP contribution in [-0.4, -0.2) is 7.11 Å². The smallest absolute Gasteiger partial charge is 0.420 e. The van der Waals surface area contributed by atoms with Crippen LogP contribution >= 0.6 is 15.9 Å². The molecule has 13 heavy (non-hydrogen) atoms. The van der Waals surface area contributed by atoms with E-state index in [-0.39, 0.29) is 10.2 Å². The van der Waals surface area contributed by atoms with Crippen LogP contribution < -0.4 is 4.74 Å². The van der Waals surface area contributed by atoms with Gasteiger partial charge in [0.25, 0.3) is 0 Å². The number of rotatable bonds is 1. The van der Waals surface area contributed by atoms with E-state index in [1.807, 2.05) is 0 Å². The maximum Gasteiger partial charge on any atom is 0.420 e. The third-order valence-corrected chi connectivity index (χ3v) is 2.00. The highest BCUT2D eigenvalue weighted by atomic mass is 79.9. The van der Waals surface area contributed by atoms with Gasteiger partial charge in [0.05, 0.1) is 17.1 Å². The molecule has 1 aromatic carbocycles. The number of alkyl halides is 3. The standard InChI is InChI=1S/C8H5BrF3O/c1-13-7-5(8(10,11)12)3-2-4-6(7)9/h3-4H,1H3. The molecule has 1 nitrogen and oxygen atoms in total. The number of benzene rings is 1. The summed E-state index contributed by atoms with van der Waals surface area (Å²) in [4.78, 5) is 0. The summed E-state index contributed by atoms with van der Waals surface area (Å²) in [6.07, 6.45) is -4.41. The van der Waals surface area contributed by atoms with E-state index in [1.54, 1.807) is 0 Å². The van der Waals surface area contributed by atoms with Crippen LogP contribution in [0.5, 0.6) is 5.75 Å². The number of hydrogen-bond acceptors (Lipinski definition) is 1. The first-order valence-electron chi connectivity index (χ1n) is 3.27. The van der Waals surface area contributed by atoms with Gasteiger partial charge in [-0.3, -0.25) is 0 Å². The van der Waals surface area contributed by atoms with Crippen molar-refractivity contribution in [3.8, 4) is 5.75 Å². The zero-order valence-electron chi connectivity index (χ0n) is 6.57. The fourth-order valence-corrected chi connectivity index (χ4v) is 1.38. The zero-order chi connectivity index (χ0) is 10.1. The van der Waals surface area contributed by atoms with E-state index in [9.17, 15) is 13.2 Å². The molecule has 1 radical (unpaired) electrons. The van der Waals surface area contributed by atoms with Crippen LogP contribution in [0.1, 0.15) is 5.56 Å². The van der Waals surface area contributed by atoms with Gasteiger partial charge in [-0.1, -0.05) is 0 Å². The predicted octanol–water partition coefficient (Wildman–Crippen LogP) is 3.28. The van der Waals surface area contributed by atoms with Crippen molar-refractivity contribution in [1.29, 1.82) is 0 Å². The average molecular weight is 254 g/mol. The van der Waals surface area contributed by atoms with Gasteiger partial charge in [-0.05, 0) is 34.1 Å². The van der Waals surface area contributed by atoms with Gasteiger partial charge < -0.3 is 4.74 Å². The molecule has 0 bridgehead atoms. The quantitative estimate of drug-likeness (QED) is 0.747. The van der Waals surface area contributed by atoms with Crippen molar-refractivity contribution in [2.24, 2.45) is 0 Å². The first-order chi connectivity index (χ1) is 5.96.